The summed E-state index contributed by atoms with van der Waals surface area (Å²) in [4.78, 5) is 26.0. The highest BCUT2D eigenvalue weighted by Gasteiger charge is 2.30. The largest absolute Gasteiger partial charge is 0.371 e. The lowest BCUT2D eigenvalue weighted by Crippen LogP contribution is -2.38. The molecule has 1 N–H and O–H groups in total. The van der Waals surface area contributed by atoms with E-state index in [0.29, 0.717) is 11.5 Å². The van der Waals surface area contributed by atoms with Gasteiger partial charge in [-0.3, -0.25) is 14.7 Å². The third-order valence-electron chi connectivity index (χ3n) is 5.74. The number of para-hydroxylation sites is 1. The number of nitrogens with zero attached hydrogens (tertiary/aromatic N) is 3. The highest BCUT2D eigenvalue weighted by Crippen LogP contribution is 2.37. The van der Waals surface area contributed by atoms with Crippen molar-refractivity contribution in [3.63, 3.8) is 0 Å². The molecule has 1 saturated heterocycles. The van der Waals surface area contributed by atoms with Crippen molar-refractivity contribution < 1.29 is 9.53 Å². The maximum Gasteiger partial charge on any atom is 0.262 e. The predicted octanol–water partition coefficient (Wildman–Crippen LogP) is 4.56. The summed E-state index contributed by atoms with van der Waals surface area (Å²) in [7, 11) is 0. The number of benzene rings is 1. The van der Waals surface area contributed by atoms with Crippen LogP contribution in [0.1, 0.15) is 40.8 Å². The molecule has 4 heterocycles. The van der Waals surface area contributed by atoms with Crippen LogP contribution in [0.2, 0.25) is 0 Å². The highest BCUT2D eigenvalue weighted by atomic mass is 32.1. The molecular weight excluding hydrogens is 420 g/mol. The Bertz CT molecular complexity index is 1260. The number of aromatic nitrogens is 2. The van der Waals surface area contributed by atoms with Gasteiger partial charge in [0.05, 0.1) is 18.2 Å². The lowest BCUT2D eigenvalue weighted by molar-refractivity contribution is -0.0322. The van der Waals surface area contributed by atoms with Gasteiger partial charge in [0.15, 0.2) is 0 Å². The number of rotatable bonds is 5. The fraction of sp³-hybridized carbons (Fsp3) is 0.320. The van der Waals surface area contributed by atoms with Crippen molar-refractivity contribution in [3.05, 3.63) is 70.9 Å². The van der Waals surface area contributed by atoms with Crippen LogP contribution in [0.5, 0.6) is 0 Å². The van der Waals surface area contributed by atoms with E-state index in [4.69, 9.17) is 4.74 Å². The summed E-state index contributed by atoms with van der Waals surface area (Å²) in [5, 5.41) is 5.23. The van der Waals surface area contributed by atoms with E-state index in [0.717, 1.165) is 40.9 Å². The van der Waals surface area contributed by atoms with E-state index in [1.54, 1.807) is 6.20 Å². The number of hydrogen-bond acceptors (Lipinski definition) is 6. The zero-order valence-corrected chi connectivity index (χ0v) is 19.1. The van der Waals surface area contributed by atoms with E-state index in [1.165, 1.54) is 22.3 Å². The molecule has 164 valence electrons. The fourth-order valence-corrected chi connectivity index (χ4v) is 5.42. The number of pyridine rings is 2. The van der Waals surface area contributed by atoms with E-state index in [9.17, 15) is 4.79 Å². The minimum absolute atomic E-state index is 0.0566. The molecule has 6 nitrogen and oxygen atoms in total. The molecule has 1 aliphatic heterocycles. The summed E-state index contributed by atoms with van der Waals surface area (Å²) >= 11 is 1.44. The number of ether oxygens (including phenoxy) is 1. The minimum atomic E-state index is -0.178. The van der Waals surface area contributed by atoms with Gasteiger partial charge < -0.3 is 10.1 Å². The molecule has 0 aliphatic carbocycles. The third-order valence-corrected chi connectivity index (χ3v) is 6.86. The molecule has 0 bridgehead atoms. The Morgan fingerprint density at radius 1 is 1.16 bits per heavy atom. The van der Waals surface area contributed by atoms with Crippen LogP contribution in [0.4, 0.5) is 0 Å². The molecule has 1 amide bonds. The Morgan fingerprint density at radius 3 is 2.88 bits per heavy atom. The van der Waals surface area contributed by atoms with E-state index >= 15 is 0 Å². The molecule has 1 atom stereocenters. The first-order valence-corrected chi connectivity index (χ1v) is 11.8. The van der Waals surface area contributed by atoms with E-state index < -0.39 is 0 Å². The molecule has 5 rings (SSSR count). The smallest absolute Gasteiger partial charge is 0.262 e. The molecule has 1 fully saturated rings. The molecule has 4 aromatic rings. The van der Waals surface area contributed by atoms with Crippen molar-refractivity contribution >= 4 is 38.4 Å². The number of morpholine rings is 1. The first kappa shape index (κ1) is 21.0. The van der Waals surface area contributed by atoms with Crippen molar-refractivity contribution in [3.8, 4) is 0 Å². The third kappa shape index (κ3) is 4.11. The van der Waals surface area contributed by atoms with Crippen molar-refractivity contribution in [1.29, 1.82) is 0 Å². The second kappa shape index (κ2) is 8.94. The summed E-state index contributed by atoms with van der Waals surface area (Å²) in [6.07, 6.45) is 3.47. The molecule has 7 heteroatoms. The molecule has 0 radical (unpaired) electrons. The topological polar surface area (TPSA) is 67.4 Å². The Balaban J connectivity index is 1.46. The Kier molecular flexibility index (Phi) is 5.87. The van der Waals surface area contributed by atoms with Crippen molar-refractivity contribution in [2.75, 3.05) is 19.7 Å². The van der Waals surface area contributed by atoms with Crippen LogP contribution in [0, 0.1) is 0 Å². The van der Waals surface area contributed by atoms with Gasteiger partial charge in [-0.1, -0.05) is 24.3 Å². The van der Waals surface area contributed by atoms with E-state index in [1.807, 2.05) is 44.3 Å². The Hall–Kier alpha value is -2.87. The van der Waals surface area contributed by atoms with Gasteiger partial charge in [-0.25, -0.2) is 4.98 Å². The van der Waals surface area contributed by atoms with Crippen LogP contribution in [-0.2, 0) is 11.3 Å². The maximum atomic E-state index is 13.0. The van der Waals surface area contributed by atoms with Gasteiger partial charge in [-0.2, -0.15) is 0 Å². The second-order valence-corrected chi connectivity index (χ2v) is 9.41. The number of fused-ring (bicyclic) bond motifs is 2. The van der Waals surface area contributed by atoms with Gasteiger partial charge >= 0.3 is 0 Å². The average Bonchev–Trinajstić information content (AvgIpc) is 3.19. The van der Waals surface area contributed by atoms with Crippen LogP contribution in [0.15, 0.2) is 54.9 Å². The first-order chi connectivity index (χ1) is 15.6. The van der Waals surface area contributed by atoms with Gasteiger partial charge in [0.2, 0.25) is 0 Å². The lowest BCUT2D eigenvalue weighted by Gasteiger charge is -2.33. The highest BCUT2D eigenvalue weighted by molar-refractivity contribution is 7.20. The summed E-state index contributed by atoms with van der Waals surface area (Å²) in [6, 6.07) is 14.4. The summed E-state index contributed by atoms with van der Waals surface area (Å²) in [5.74, 6) is -0.0566. The number of amides is 1. The van der Waals surface area contributed by atoms with Gasteiger partial charge in [0.1, 0.15) is 9.71 Å². The summed E-state index contributed by atoms with van der Waals surface area (Å²) in [6.45, 7) is 6.95. The van der Waals surface area contributed by atoms with Crippen LogP contribution >= 0.6 is 11.3 Å². The molecular formula is C25H26N4O2S. The molecule has 1 aromatic carbocycles. The zero-order valence-electron chi connectivity index (χ0n) is 18.2. The van der Waals surface area contributed by atoms with Crippen LogP contribution in [0.25, 0.3) is 21.1 Å². The predicted molar refractivity (Wildman–Crippen MR) is 128 cm³/mol. The number of nitrogens with one attached hydrogen (secondary N) is 1. The van der Waals surface area contributed by atoms with E-state index in [2.05, 4.69) is 38.4 Å². The molecule has 3 aromatic heterocycles. The van der Waals surface area contributed by atoms with Crippen LogP contribution in [-0.4, -0.2) is 46.5 Å². The molecule has 1 aliphatic rings. The average molecular weight is 447 g/mol. The molecule has 32 heavy (non-hydrogen) atoms. The summed E-state index contributed by atoms with van der Waals surface area (Å²) < 4.78 is 6.23. The Labute approximate surface area is 191 Å². The number of thiophene rings is 1. The van der Waals surface area contributed by atoms with Crippen molar-refractivity contribution in [2.24, 2.45) is 0 Å². The SMILES string of the molecule is CC(C)NC(=O)c1sc2ncccc2c1C1CN(Cc2ccnc3ccccc23)CCO1. The fourth-order valence-electron chi connectivity index (χ4n) is 4.32. The number of carbonyl (C=O) groups excluding carboxylic acids is 1. The van der Waals surface area contributed by atoms with Gasteiger partial charge in [0, 0.05) is 54.4 Å². The minimum Gasteiger partial charge on any atom is -0.371 e. The van der Waals surface area contributed by atoms with E-state index in [-0.39, 0.29) is 18.1 Å². The molecule has 1 unspecified atom stereocenters. The van der Waals surface area contributed by atoms with Crippen molar-refractivity contribution in [2.45, 2.75) is 32.5 Å². The lowest BCUT2D eigenvalue weighted by atomic mass is 10.0. The summed E-state index contributed by atoms with van der Waals surface area (Å²) in [5.41, 5.74) is 3.23. The number of carbonyl (C=O) groups is 1. The van der Waals surface area contributed by atoms with Crippen LogP contribution < -0.4 is 5.32 Å². The molecule has 0 spiro atoms. The van der Waals surface area contributed by atoms with Crippen molar-refractivity contribution in [1.82, 2.24) is 20.2 Å². The molecule has 0 saturated carbocycles. The quantitative estimate of drug-likeness (QED) is 0.487. The van der Waals surface area contributed by atoms with Crippen LogP contribution in [0.3, 0.4) is 0 Å². The van der Waals surface area contributed by atoms with Gasteiger partial charge in [0.25, 0.3) is 5.91 Å². The number of hydrogen-bond donors (Lipinski definition) is 1. The van der Waals surface area contributed by atoms with Gasteiger partial charge in [-0.05, 0) is 37.6 Å². The first-order valence-electron chi connectivity index (χ1n) is 10.9. The monoisotopic (exact) mass is 446 g/mol. The standard InChI is InChI=1S/C25H26N4O2S/c1-16(2)28-24(30)23-22(19-7-5-10-27-25(19)32-23)21-15-29(12-13-31-21)14-17-9-11-26-20-8-4-3-6-18(17)20/h3-11,16,21H,12-15H2,1-2H3,(H,28,30). The Morgan fingerprint density at radius 2 is 2.00 bits per heavy atom. The van der Waals surface area contributed by atoms with Gasteiger partial charge in [-0.15, -0.1) is 11.3 Å². The zero-order chi connectivity index (χ0) is 22.1. The maximum absolute atomic E-state index is 13.0. The second-order valence-electron chi connectivity index (χ2n) is 8.41. The normalized spacial score (nSPS) is 17.3.